The van der Waals surface area contributed by atoms with Gasteiger partial charge in [0.25, 0.3) is 5.69 Å². The molecule has 0 bridgehead atoms. The SMILES string of the molecule is CC1CCN(C(=O)/C=C/c2ccccc2[N+](=O)[O-])CC1O. The molecular weight excluding hydrogens is 272 g/mol. The fourth-order valence-corrected chi connectivity index (χ4v) is 2.31. The van der Waals surface area contributed by atoms with Gasteiger partial charge in [0.15, 0.2) is 0 Å². The van der Waals surface area contributed by atoms with E-state index in [0.29, 0.717) is 18.7 Å². The first kappa shape index (κ1) is 15.2. The summed E-state index contributed by atoms with van der Waals surface area (Å²) < 4.78 is 0. The molecule has 1 aliphatic heterocycles. The van der Waals surface area contributed by atoms with Gasteiger partial charge in [-0.15, -0.1) is 0 Å². The number of nitrogens with zero attached hydrogens (tertiary/aromatic N) is 2. The van der Waals surface area contributed by atoms with Crippen LogP contribution in [0.5, 0.6) is 0 Å². The fraction of sp³-hybridized carbons (Fsp3) is 0.400. The van der Waals surface area contributed by atoms with E-state index in [1.54, 1.807) is 23.1 Å². The highest BCUT2D eigenvalue weighted by Gasteiger charge is 2.26. The number of aliphatic hydroxyl groups excluding tert-OH is 1. The van der Waals surface area contributed by atoms with E-state index in [1.807, 2.05) is 6.92 Å². The third-order valence-corrected chi connectivity index (χ3v) is 3.77. The first-order valence-electron chi connectivity index (χ1n) is 6.87. The van der Waals surface area contributed by atoms with Gasteiger partial charge in [0.05, 0.1) is 16.6 Å². The highest BCUT2D eigenvalue weighted by molar-refractivity contribution is 5.92. The van der Waals surface area contributed by atoms with Crippen molar-refractivity contribution in [3.63, 3.8) is 0 Å². The van der Waals surface area contributed by atoms with Gasteiger partial charge in [-0.2, -0.15) is 0 Å². The number of benzene rings is 1. The lowest BCUT2D eigenvalue weighted by Crippen LogP contribution is -2.45. The van der Waals surface area contributed by atoms with Crippen LogP contribution in [-0.4, -0.2) is 40.0 Å². The van der Waals surface area contributed by atoms with E-state index in [4.69, 9.17) is 0 Å². The molecule has 1 saturated heterocycles. The molecule has 112 valence electrons. The second-order valence-corrected chi connectivity index (χ2v) is 5.27. The molecule has 6 nitrogen and oxygen atoms in total. The molecule has 1 aromatic rings. The van der Waals surface area contributed by atoms with Crippen molar-refractivity contribution in [1.29, 1.82) is 0 Å². The molecule has 0 spiro atoms. The van der Waals surface area contributed by atoms with Crippen molar-refractivity contribution in [2.45, 2.75) is 19.4 Å². The third-order valence-electron chi connectivity index (χ3n) is 3.77. The molecule has 21 heavy (non-hydrogen) atoms. The number of likely N-dealkylation sites (tertiary alicyclic amines) is 1. The number of rotatable bonds is 3. The summed E-state index contributed by atoms with van der Waals surface area (Å²) in [6.45, 7) is 2.86. The summed E-state index contributed by atoms with van der Waals surface area (Å²) in [6, 6.07) is 6.26. The van der Waals surface area contributed by atoms with Crippen LogP contribution in [0.1, 0.15) is 18.9 Å². The normalized spacial score (nSPS) is 22.5. The molecule has 6 heteroatoms. The van der Waals surface area contributed by atoms with Crippen LogP contribution in [-0.2, 0) is 4.79 Å². The summed E-state index contributed by atoms with van der Waals surface area (Å²) in [4.78, 5) is 24.0. The Labute approximate surface area is 122 Å². The van der Waals surface area contributed by atoms with Gasteiger partial charge in [0.1, 0.15) is 0 Å². The third kappa shape index (κ3) is 3.66. The Hall–Kier alpha value is -2.21. The quantitative estimate of drug-likeness (QED) is 0.523. The van der Waals surface area contributed by atoms with E-state index < -0.39 is 11.0 Å². The summed E-state index contributed by atoms with van der Waals surface area (Å²) >= 11 is 0. The number of carbonyl (C=O) groups is 1. The number of piperidine rings is 1. The smallest absolute Gasteiger partial charge is 0.276 e. The zero-order valence-corrected chi connectivity index (χ0v) is 11.8. The highest BCUT2D eigenvalue weighted by Crippen LogP contribution is 2.20. The number of carbonyl (C=O) groups excluding carboxylic acids is 1. The van der Waals surface area contributed by atoms with Crippen molar-refractivity contribution in [3.05, 3.63) is 46.0 Å². The average Bonchev–Trinajstić information content (AvgIpc) is 2.47. The van der Waals surface area contributed by atoms with Crippen molar-refractivity contribution >= 4 is 17.7 Å². The van der Waals surface area contributed by atoms with Gasteiger partial charge in [-0.3, -0.25) is 14.9 Å². The van der Waals surface area contributed by atoms with E-state index >= 15 is 0 Å². The number of para-hydroxylation sites is 1. The van der Waals surface area contributed by atoms with E-state index in [9.17, 15) is 20.0 Å². The standard InChI is InChI=1S/C15H18N2O4/c1-11-8-9-16(10-14(11)18)15(19)7-6-12-4-2-3-5-13(12)17(20)21/h2-7,11,14,18H,8-10H2,1H3/b7-6+. The van der Waals surface area contributed by atoms with Crippen LogP contribution in [0.3, 0.4) is 0 Å². The zero-order chi connectivity index (χ0) is 15.4. The number of amides is 1. The van der Waals surface area contributed by atoms with Crippen molar-refractivity contribution in [3.8, 4) is 0 Å². The maximum Gasteiger partial charge on any atom is 0.276 e. The molecule has 0 radical (unpaired) electrons. The number of hydrogen-bond donors (Lipinski definition) is 1. The van der Waals surface area contributed by atoms with E-state index in [0.717, 1.165) is 6.42 Å². The summed E-state index contributed by atoms with van der Waals surface area (Å²) in [7, 11) is 0. The predicted molar refractivity (Wildman–Crippen MR) is 78.5 cm³/mol. The number of nitro benzene ring substituents is 1. The molecule has 2 unspecified atom stereocenters. The number of β-amino-alcohol motifs (C(OH)–C–C–N with tert-alkyl or cyclic N) is 1. The van der Waals surface area contributed by atoms with Crippen LogP contribution in [0, 0.1) is 16.0 Å². The van der Waals surface area contributed by atoms with Crippen LogP contribution in [0.25, 0.3) is 6.08 Å². The molecule has 1 N–H and O–H groups in total. The molecule has 1 aromatic carbocycles. The van der Waals surface area contributed by atoms with Crippen molar-refractivity contribution in [2.75, 3.05) is 13.1 Å². The Kier molecular flexibility index (Phi) is 4.70. The highest BCUT2D eigenvalue weighted by atomic mass is 16.6. The summed E-state index contributed by atoms with van der Waals surface area (Å²) in [5.41, 5.74) is 0.357. The van der Waals surface area contributed by atoms with Gasteiger partial charge >= 0.3 is 0 Å². The molecule has 1 heterocycles. The van der Waals surface area contributed by atoms with Gasteiger partial charge in [-0.05, 0) is 24.5 Å². The van der Waals surface area contributed by atoms with Gasteiger partial charge in [-0.1, -0.05) is 19.1 Å². The lowest BCUT2D eigenvalue weighted by molar-refractivity contribution is -0.385. The van der Waals surface area contributed by atoms with Crippen LogP contribution in [0.15, 0.2) is 30.3 Å². The molecular formula is C15H18N2O4. The van der Waals surface area contributed by atoms with Gasteiger partial charge < -0.3 is 10.0 Å². The Balaban J connectivity index is 2.08. The first-order chi connectivity index (χ1) is 9.99. The van der Waals surface area contributed by atoms with Gasteiger partial charge in [0.2, 0.25) is 5.91 Å². The summed E-state index contributed by atoms with van der Waals surface area (Å²) in [5.74, 6) is -0.0488. The summed E-state index contributed by atoms with van der Waals surface area (Å²) in [6.07, 6.45) is 3.02. The second kappa shape index (κ2) is 6.49. The number of hydrogen-bond acceptors (Lipinski definition) is 4. The zero-order valence-electron chi connectivity index (χ0n) is 11.8. The Morgan fingerprint density at radius 2 is 2.19 bits per heavy atom. The largest absolute Gasteiger partial charge is 0.391 e. The Bertz CT molecular complexity index is 571. The van der Waals surface area contributed by atoms with Gasteiger partial charge in [0, 0.05) is 25.2 Å². The fourth-order valence-electron chi connectivity index (χ4n) is 2.31. The summed E-state index contributed by atoms with van der Waals surface area (Å²) in [5, 5.41) is 20.7. The van der Waals surface area contributed by atoms with E-state index in [-0.39, 0.29) is 17.5 Å². The lowest BCUT2D eigenvalue weighted by Gasteiger charge is -2.33. The Morgan fingerprint density at radius 1 is 1.48 bits per heavy atom. The molecule has 2 atom stereocenters. The Morgan fingerprint density at radius 3 is 2.86 bits per heavy atom. The molecule has 0 aliphatic carbocycles. The van der Waals surface area contributed by atoms with Crippen LogP contribution in [0.2, 0.25) is 0 Å². The van der Waals surface area contributed by atoms with E-state index in [2.05, 4.69) is 0 Å². The predicted octanol–water partition coefficient (Wildman–Crippen LogP) is 1.84. The molecule has 1 amide bonds. The van der Waals surface area contributed by atoms with Crippen LogP contribution >= 0.6 is 0 Å². The minimum atomic E-state index is -0.512. The molecule has 0 saturated carbocycles. The second-order valence-electron chi connectivity index (χ2n) is 5.27. The lowest BCUT2D eigenvalue weighted by atomic mass is 9.96. The maximum absolute atomic E-state index is 12.1. The molecule has 1 fully saturated rings. The van der Waals surface area contributed by atoms with Crippen LogP contribution < -0.4 is 0 Å². The maximum atomic E-state index is 12.1. The minimum absolute atomic E-state index is 0.0335. The molecule has 0 aromatic heterocycles. The molecule has 1 aliphatic rings. The molecule has 2 rings (SSSR count). The average molecular weight is 290 g/mol. The van der Waals surface area contributed by atoms with Crippen molar-refractivity contribution < 1.29 is 14.8 Å². The minimum Gasteiger partial charge on any atom is -0.391 e. The number of nitro groups is 1. The first-order valence-corrected chi connectivity index (χ1v) is 6.87. The van der Waals surface area contributed by atoms with Crippen molar-refractivity contribution in [1.82, 2.24) is 4.90 Å². The topological polar surface area (TPSA) is 83.7 Å². The van der Waals surface area contributed by atoms with E-state index in [1.165, 1.54) is 18.2 Å². The van der Waals surface area contributed by atoms with Crippen LogP contribution in [0.4, 0.5) is 5.69 Å². The van der Waals surface area contributed by atoms with Crippen molar-refractivity contribution in [2.24, 2.45) is 5.92 Å². The van der Waals surface area contributed by atoms with Gasteiger partial charge in [-0.25, -0.2) is 0 Å². The number of aliphatic hydroxyl groups is 1. The monoisotopic (exact) mass is 290 g/mol.